The molecule has 13 heavy (non-hydrogen) atoms. The van der Waals surface area contributed by atoms with Crippen LogP contribution in [0.5, 0.6) is 0 Å². The van der Waals surface area contributed by atoms with Crippen molar-refractivity contribution in [2.45, 2.75) is 6.73 Å². The van der Waals surface area contributed by atoms with Gasteiger partial charge in [0.15, 0.2) is 0 Å². The van der Waals surface area contributed by atoms with E-state index in [1.165, 1.54) is 0 Å². The monoisotopic (exact) mass is 208 g/mol. The van der Waals surface area contributed by atoms with Crippen LogP contribution < -0.4 is 11.2 Å². The van der Waals surface area contributed by atoms with Gasteiger partial charge in [-0.25, -0.2) is 4.79 Å². The highest BCUT2D eigenvalue weighted by atomic mass is 35.5. The summed E-state index contributed by atoms with van der Waals surface area (Å²) in [7, 11) is 0. The van der Waals surface area contributed by atoms with Crippen molar-refractivity contribution < 1.29 is 9.13 Å². The molecular formula is C6H6ClFN2O3. The second-order valence-corrected chi connectivity index (χ2v) is 2.37. The van der Waals surface area contributed by atoms with Gasteiger partial charge in [-0.05, 0) is 0 Å². The highest BCUT2D eigenvalue weighted by Crippen LogP contribution is 1.86. The topological polar surface area (TPSA) is 64.1 Å². The van der Waals surface area contributed by atoms with Crippen molar-refractivity contribution in [3.05, 3.63) is 32.9 Å². The molecule has 0 amide bonds. The number of hydrogen-bond acceptors (Lipinski definition) is 3. The first-order valence-corrected chi connectivity index (χ1v) is 3.81. The molecule has 1 heterocycles. The molecule has 5 nitrogen and oxygen atoms in total. The van der Waals surface area contributed by atoms with Gasteiger partial charge in [0.1, 0.15) is 12.8 Å². The standard InChI is InChI=1S/C6H6ClFN2O3/c7-2-13-3-10-1-4(8)5(11)9-6(10)12/h1H,2-3H2,(H,9,11,12). The Kier molecular flexibility index (Phi) is 3.21. The summed E-state index contributed by atoms with van der Waals surface area (Å²) in [6, 6.07) is -0.118. The lowest BCUT2D eigenvalue weighted by atomic mass is 10.6. The summed E-state index contributed by atoms with van der Waals surface area (Å²) in [4.78, 5) is 23.2. The zero-order valence-corrected chi connectivity index (χ0v) is 7.18. The number of nitrogens with zero attached hydrogens (tertiary/aromatic N) is 1. The largest absolute Gasteiger partial charge is 0.345 e. The predicted molar refractivity (Wildman–Crippen MR) is 43.1 cm³/mol. The fourth-order valence-electron chi connectivity index (χ4n) is 0.711. The molecule has 72 valence electrons. The van der Waals surface area contributed by atoms with Crippen molar-refractivity contribution in [3.8, 4) is 0 Å². The van der Waals surface area contributed by atoms with Crippen molar-refractivity contribution in [3.63, 3.8) is 0 Å². The van der Waals surface area contributed by atoms with Crippen molar-refractivity contribution >= 4 is 11.6 Å². The number of H-pyrrole nitrogens is 1. The van der Waals surface area contributed by atoms with E-state index >= 15 is 0 Å². The van der Waals surface area contributed by atoms with Crippen LogP contribution in [-0.2, 0) is 11.5 Å². The Morgan fingerprint density at radius 1 is 1.62 bits per heavy atom. The summed E-state index contributed by atoms with van der Waals surface area (Å²) in [6.45, 7) is -0.198. The van der Waals surface area contributed by atoms with Gasteiger partial charge < -0.3 is 4.74 Å². The van der Waals surface area contributed by atoms with Crippen molar-refractivity contribution in [1.29, 1.82) is 0 Å². The number of aromatic amines is 1. The van der Waals surface area contributed by atoms with E-state index in [1.807, 2.05) is 0 Å². The highest BCUT2D eigenvalue weighted by Gasteiger charge is 2.02. The Hall–Kier alpha value is -1.14. The van der Waals surface area contributed by atoms with Crippen LogP contribution in [0.3, 0.4) is 0 Å². The molecule has 0 atom stereocenters. The molecule has 0 radical (unpaired) electrons. The number of hydrogen-bond donors (Lipinski definition) is 1. The Labute approximate surface area is 76.7 Å². The summed E-state index contributed by atoms with van der Waals surface area (Å²) in [6.07, 6.45) is 0.758. The van der Waals surface area contributed by atoms with E-state index in [0.29, 0.717) is 0 Å². The Balaban J connectivity index is 3.02. The lowest BCUT2D eigenvalue weighted by Gasteiger charge is -2.02. The summed E-state index contributed by atoms with van der Waals surface area (Å²) in [5, 5.41) is 0. The summed E-state index contributed by atoms with van der Waals surface area (Å²) in [5.74, 6) is -1.04. The number of nitrogens with one attached hydrogen (secondary N) is 1. The number of ether oxygens (including phenoxy) is 1. The van der Waals surface area contributed by atoms with Crippen LogP contribution >= 0.6 is 11.6 Å². The summed E-state index contributed by atoms with van der Waals surface area (Å²) < 4.78 is 18.1. The van der Waals surface area contributed by atoms with Crippen LogP contribution in [0.25, 0.3) is 0 Å². The highest BCUT2D eigenvalue weighted by molar-refractivity contribution is 6.17. The molecule has 0 aromatic carbocycles. The van der Waals surface area contributed by atoms with Gasteiger partial charge in [-0.15, -0.1) is 0 Å². The van der Waals surface area contributed by atoms with Gasteiger partial charge >= 0.3 is 5.69 Å². The maximum Gasteiger partial charge on any atom is 0.330 e. The minimum atomic E-state index is -1.05. The molecule has 1 rings (SSSR count). The third-order valence-electron chi connectivity index (χ3n) is 1.27. The SMILES string of the molecule is O=c1[nH]c(=O)n(COCCl)cc1F. The van der Waals surface area contributed by atoms with E-state index < -0.39 is 17.1 Å². The average Bonchev–Trinajstić information content (AvgIpc) is 2.09. The Morgan fingerprint density at radius 3 is 2.92 bits per heavy atom. The number of aromatic nitrogens is 2. The average molecular weight is 209 g/mol. The van der Waals surface area contributed by atoms with Gasteiger partial charge in [0.2, 0.25) is 5.82 Å². The van der Waals surface area contributed by atoms with Crippen LogP contribution in [0.1, 0.15) is 0 Å². The van der Waals surface area contributed by atoms with Crippen LogP contribution in [-0.4, -0.2) is 15.6 Å². The summed E-state index contributed by atoms with van der Waals surface area (Å²) >= 11 is 5.17. The molecule has 0 saturated heterocycles. The molecule has 0 aliphatic heterocycles. The lowest BCUT2D eigenvalue weighted by molar-refractivity contribution is 0.109. The predicted octanol–water partition coefficient (Wildman–Crippen LogP) is -0.154. The molecule has 0 fully saturated rings. The van der Waals surface area contributed by atoms with Gasteiger partial charge in [0.25, 0.3) is 5.56 Å². The van der Waals surface area contributed by atoms with Crippen LogP contribution in [0, 0.1) is 5.82 Å². The fraction of sp³-hybridized carbons (Fsp3) is 0.333. The lowest BCUT2D eigenvalue weighted by Crippen LogP contribution is -2.31. The molecule has 0 aliphatic carbocycles. The van der Waals surface area contributed by atoms with E-state index in [4.69, 9.17) is 11.6 Å². The maximum atomic E-state index is 12.6. The molecule has 0 bridgehead atoms. The summed E-state index contributed by atoms with van der Waals surface area (Å²) in [5.41, 5.74) is -1.79. The number of alkyl halides is 1. The van der Waals surface area contributed by atoms with Crippen LogP contribution in [0.15, 0.2) is 15.8 Å². The van der Waals surface area contributed by atoms with Gasteiger partial charge in [-0.3, -0.25) is 14.3 Å². The van der Waals surface area contributed by atoms with Gasteiger partial charge in [-0.1, -0.05) is 11.6 Å². The van der Waals surface area contributed by atoms with Crippen LogP contribution in [0.4, 0.5) is 4.39 Å². The maximum absolute atomic E-state index is 12.6. The van der Waals surface area contributed by atoms with E-state index in [2.05, 4.69) is 4.74 Å². The van der Waals surface area contributed by atoms with E-state index in [9.17, 15) is 14.0 Å². The van der Waals surface area contributed by atoms with Crippen molar-refractivity contribution in [2.24, 2.45) is 0 Å². The minimum absolute atomic E-state index is 0.118. The molecule has 1 aromatic heterocycles. The Bertz CT molecular complexity index is 400. The smallest absolute Gasteiger partial charge is 0.330 e. The molecule has 1 N–H and O–H groups in total. The quantitative estimate of drug-likeness (QED) is 0.703. The molecule has 0 aliphatic rings. The van der Waals surface area contributed by atoms with Crippen molar-refractivity contribution in [2.75, 3.05) is 6.07 Å². The van der Waals surface area contributed by atoms with Crippen LogP contribution in [0.2, 0.25) is 0 Å². The molecule has 0 saturated carbocycles. The Morgan fingerprint density at radius 2 is 2.31 bits per heavy atom. The molecule has 1 aromatic rings. The molecule has 0 unspecified atom stereocenters. The zero-order chi connectivity index (χ0) is 9.84. The first-order valence-electron chi connectivity index (χ1n) is 3.28. The normalized spacial score (nSPS) is 10.3. The van der Waals surface area contributed by atoms with Gasteiger partial charge in [0, 0.05) is 0 Å². The first kappa shape index (κ1) is 9.94. The second-order valence-electron chi connectivity index (χ2n) is 2.15. The van der Waals surface area contributed by atoms with Gasteiger partial charge in [-0.2, -0.15) is 4.39 Å². The first-order chi connectivity index (χ1) is 6.15. The van der Waals surface area contributed by atoms with E-state index in [1.54, 1.807) is 4.98 Å². The number of halogens is 2. The molecule has 7 heteroatoms. The number of rotatable bonds is 3. The molecule has 0 spiro atoms. The second kappa shape index (κ2) is 4.20. The molecular weight excluding hydrogens is 203 g/mol. The van der Waals surface area contributed by atoms with E-state index in [-0.39, 0.29) is 12.8 Å². The zero-order valence-electron chi connectivity index (χ0n) is 6.42. The third-order valence-corrected chi connectivity index (χ3v) is 1.43. The third kappa shape index (κ3) is 2.40. The van der Waals surface area contributed by atoms with E-state index in [0.717, 1.165) is 10.8 Å². The van der Waals surface area contributed by atoms with Gasteiger partial charge in [0.05, 0.1) is 6.20 Å². The van der Waals surface area contributed by atoms with Crippen molar-refractivity contribution in [1.82, 2.24) is 9.55 Å². The minimum Gasteiger partial charge on any atom is -0.345 e. The fourth-order valence-corrected chi connectivity index (χ4v) is 0.780.